The van der Waals surface area contributed by atoms with E-state index in [9.17, 15) is 4.79 Å². The lowest BCUT2D eigenvalue weighted by Gasteiger charge is -2.70. The van der Waals surface area contributed by atoms with Crippen molar-refractivity contribution in [2.24, 2.45) is 44.8 Å². The Bertz CT molecular complexity index is 1160. The molecule has 4 heteroatoms. The van der Waals surface area contributed by atoms with Gasteiger partial charge < -0.3 is 0 Å². The molecule has 3 unspecified atom stereocenters. The maximum atomic E-state index is 13.1. The number of nitrogens with one attached hydrogen (secondary N) is 1. The zero-order valence-electron chi connectivity index (χ0n) is 23.9. The van der Waals surface area contributed by atoms with Gasteiger partial charge in [0.15, 0.2) is 0 Å². The second kappa shape index (κ2) is 7.30. The first-order chi connectivity index (χ1) is 16.6. The van der Waals surface area contributed by atoms with E-state index in [0.717, 1.165) is 44.9 Å². The quantitative estimate of drug-likeness (QED) is 0.305. The van der Waals surface area contributed by atoms with Crippen LogP contribution in [-0.2, 0) is 16.6 Å². The summed E-state index contributed by atoms with van der Waals surface area (Å²) in [7, 11) is 0. The number of hydrogen-bond acceptors (Lipinski definition) is 2. The van der Waals surface area contributed by atoms with Crippen molar-refractivity contribution in [3.63, 3.8) is 0 Å². The van der Waals surface area contributed by atoms with Gasteiger partial charge in [-0.15, -0.1) is 0 Å². The molecule has 36 heavy (non-hydrogen) atoms. The van der Waals surface area contributed by atoms with Gasteiger partial charge >= 0.3 is 0 Å². The van der Waals surface area contributed by atoms with Crippen LogP contribution in [0.3, 0.4) is 0 Å². The minimum atomic E-state index is -0.345. The van der Waals surface area contributed by atoms with Gasteiger partial charge in [-0.1, -0.05) is 60.1 Å². The molecule has 0 saturated heterocycles. The number of aryl methyl sites for hydroxylation is 1. The van der Waals surface area contributed by atoms with Crippen LogP contribution in [-0.4, -0.2) is 15.4 Å². The third-order valence-corrected chi connectivity index (χ3v) is 13.8. The number of fused-ring (bicyclic) bond motifs is 8. The summed E-state index contributed by atoms with van der Waals surface area (Å²) in [5, 5.41) is 8.11. The van der Waals surface area contributed by atoms with Crippen LogP contribution >= 0.6 is 11.6 Å². The fourth-order valence-electron chi connectivity index (χ4n) is 11.1. The summed E-state index contributed by atoms with van der Waals surface area (Å²) in [6, 6.07) is 0. The SMILES string of the molecule is Cc1[nH]nc2c1C[C@@]1(C)C(CC[C@]3(C)C1CC=C1C4CC(C)(C)CC[C@]4(C(=O)Cl)CC[C@]13C)C2(C)C. The smallest absolute Gasteiger partial charge is 0.228 e. The lowest BCUT2D eigenvalue weighted by atomic mass is 9.33. The van der Waals surface area contributed by atoms with Crippen LogP contribution in [0.1, 0.15) is 117 Å². The molecule has 0 bridgehead atoms. The van der Waals surface area contributed by atoms with Crippen molar-refractivity contribution in [1.29, 1.82) is 0 Å². The average Bonchev–Trinajstić information content (AvgIpc) is 3.14. The van der Waals surface area contributed by atoms with E-state index in [-0.39, 0.29) is 37.7 Å². The maximum Gasteiger partial charge on any atom is 0.228 e. The normalized spacial score (nSPS) is 46.4. The summed E-state index contributed by atoms with van der Waals surface area (Å²) < 4.78 is 0. The van der Waals surface area contributed by atoms with Crippen molar-refractivity contribution >= 4 is 16.8 Å². The van der Waals surface area contributed by atoms with Gasteiger partial charge in [0, 0.05) is 11.1 Å². The first-order valence-electron chi connectivity index (χ1n) is 14.6. The standard InChI is InChI=1S/C32H47ClN2O/c1-19-20-17-29(6)23(28(4,5)25(20)35-34-19)11-12-31(8)24(29)10-9-21-22-18-27(2,3)13-15-32(22,26(33)36)16-14-30(21,31)7/h9,22-24H,10-18H2,1-8H3,(H,34,35)/t22?,23?,24?,29-,30+,31+,32-/m0/s1. The summed E-state index contributed by atoms with van der Waals surface area (Å²) in [5.74, 6) is 1.58. The van der Waals surface area contributed by atoms with Crippen molar-refractivity contribution in [2.75, 3.05) is 0 Å². The number of aromatic nitrogens is 2. The number of nitrogens with zero attached hydrogens (tertiary/aromatic N) is 1. The Labute approximate surface area is 223 Å². The predicted molar refractivity (Wildman–Crippen MR) is 147 cm³/mol. The van der Waals surface area contributed by atoms with Crippen LogP contribution < -0.4 is 0 Å². The molecule has 3 saturated carbocycles. The van der Waals surface area contributed by atoms with Crippen LogP contribution in [0.4, 0.5) is 0 Å². The van der Waals surface area contributed by atoms with E-state index in [1.165, 1.54) is 29.8 Å². The Hall–Kier alpha value is -1.09. The van der Waals surface area contributed by atoms with Crippen LogP contribution in [0.2, 0.25) is 0 Å². The van der Waals surface area contributed by atoms with Gasteiger partial charge in [0.1, 0.15) is 0 Å². The number of rotatable bonds is 1. The Morgan fingerprint density at radius 1 is 1.00 bits per heavy atom. The molecule has 0 spiro atoms. The Balaban J connectivity index is 1.47. The van der Waals surface area contributed by atoms with Crippen LogP contribution in [0.25, 0.3) is 0 Å². The number of allylic oxidation sites excluding steroid dienone is 2. The molecule has 5 aliphatic carbocycles. The van der Waals surface area contributed by atoms with Gasteiger partial charge in [-0.05, 0) is 121 Å². The lowest BCUT2D eigenvalue weighted by Crippen LogP contribution is -2.64. The largest absolute Gasteiger partial charge is 0.282 e. The minimum absolute atomic E-state index is 0.0640. The van der Waals surface area contributed by atoms with Gasteiger partial charge in [0.2, 0.25) is 5.24 Å². The maximum absolute atomic E-state index is 13.1. The average molecular weight is 511 g/mol. The van der Waals surface area contributed by atoms with E-state index in [1.54, 1.807) is 5.57 Å². The number of halogens is 1. The molecule has 1 N–H and O–H groups in total. The minimum Gasteiger partial charge on any atom is -0.282 e. The zero-order chi connectivity index (χ0) is 26.1. The van der Waals surface area contributed by atoms with Crippen LogP contribution in [0.5, 0.6) is 0 Å². The molecule has 1 heterocycles. The monoisotopic (exact) mass is 510 g/mol. The van der Waals surface area contributed by atoms with E-state index < -0.39 is 0 Å². The number of aromatic amines is 1. The Morgan fingerprint density at radius 2 is 1.69 bits per heavy atom. The highest BCUT2D eigenvalue weighted by Crippen LogP contribution is 2.75. The summed E-state index contributed by atoms with van der Waals surface area (Å²) >= 11 is 6.48. The molecule has 3 nitrogen and oxygen atoms in total. The number of carbonyl (C=O) groups is 1. The molecule has 198 valence electrons. The van der Waals surface area contributed by atoms with Gasteiger partial charge in [-0.2, -0.15) is 5.10 Å². The molecule has 7 atom stereocenters. The molecular weight excluding hydrogens is 464 g/mol. The van der Waals surface area contributed by atoms with E-state index in [0.29, 0.717) is 17.8 Å². The summed E-state index contributed by atoms with van der Waals surface area (Å²) in [6.45, 7) is 19.8. The first kappa shape index (κ1) is 25.2. The molecule has 6 rings (SSSR count). The zero-order valence-corrected chi connectivity index (χ0v) is 24.7. The van der Waals surface area contributed by atoms with E-state index >= 15 is 0 Å². The van der Waals surface area contributed by atoms with Gasteiger partial charge in [0.05, 0.1) is 11.1 Å². The molecule has 1 aromatic heterocycles. The number of H-pyrrole nitrogens is 1. The highest BCUT2D eigenvalue weighted by Gasteiger charge is 2.69. The third kappa shape index (κ3) is 2.88. The van der Waals surface area contributed by atoms with E-state index in [4.69, 9.17) is 16.7 Å². The van der Waals surface area contributed by atoms with Crippen molar-refractivity contribution in [3.05, 3.63) is 28.6 Å². The predicted octanol–water partition coefficient (Wildman–Crippen LogP) is 8.30. The number of carbonyl (C=O) groups excluding carboxylic acids is 1. The molecule has 0 aliphatic heterocycles. The summed E-state index contributed by atoms with van der Waals surface area (Å²) in [4.78, 5) is 13.1. The lowest BCUT2D eigenvalue weighted by molar-refractivity contribution is -0.163. The molecular formula is C32H47ClN2O. The van der Waals surface area contributed by atoms with E-state index in [2.05, 4.69) is 66.6 Å². The second-order valence-corrected chi connectivity index (χ2v) is 16.1. The summed E-state index contributed by atoms with van der Waals surface area (Å²) in [6.07, 6.45) is 12.7. The number of hydrogen-bond donors (Lipinski definition) is 1. The van der Waals surface area contributed by atoms with Crippen molar-refractivity contribution in [3.8, 4) is 0 Å². The fraction of sp³-hybridized carbons (Fsp3) is 0.812. The van der Waals surface area contributed by atoms with Crippen molar-refractivity contribution in [1.82, 2.24) is 10.2 Å². The topological polar surface area (TPSA) is 45.8 Å². The van der Waals surface area contributed by atoms with E-state index in [1.807, 2.05) is 0 Å². The molecule has 0 amide bonds. The van der Waals surface area contributed by atoms with Crippen LogP contribution in [0.15, 0.2) is 11.6 Å². The Morgan fingerprint density at radius 3 is 2.39 bits per heavy atom. The van der Waals surface area contributed by atoms with Crippen molar-refractivity contribution in [2.45, 2.75) is 119 Å². The van der Waals surface area contributed by atoms with Crippen molar-refractivity contribution < 1.29 is 4.79 Å². The Kier molecular flexibility index (Phi) is 5.11. The highest BCUT2D eigenvalue weighted by atomic mass is 35.5. The summed E-state index contributed by atoms with van der Waals surface area (Å²) in [5.41, 5.74) is 6.27. The van der Waals surface area contributed by atoms with Crippen LogP contribution in [0, 0.1) is 51.8 Å². The van der Waals surface area contributed by atoms with Gasteiger partial charge in [-0.25, -0.2) is 0 Å². The fourth-order valence-corrected chi connectivity index (χ4v) is 11.5. The third-order valence-electron chi connectivity index (χ3n) is 13.4. The van der Waals surface area contributed by atoms with Gasteiger partial charge in [-0.3, -0.25) is 9.89 Å². The molecule has 1 aromatic rings. The first-order valence-corrected chi connectivity index (χ1v) is 15.0. The van der Waals surface area contributed by atoms with Gasteiger partial charge in [0.25, 0.3) is 0 Å². The molecule has 3 fully saturated rings. The highest BCUT2D eigenvalue weighted by molar-refractivity contribution is 6.64. The second-order valence-electron chi connectivity index (χ2n) is 15.7. The molecule has 0 radical (unpaired) electrons. The molecule has 5 aliphatic rings. The molecule has 0 aromatic carbocycles.